The Morgan fingerprint density at radius 1 is 1.40 bits per heavy atom. The third kappa shape index (κ3) is 3.62. The number of nitrogens with zero attached hydrogens (tertiary/aromatic N) is 2. The predicted octanol–water partition coefficient (Wildman–Crippen LogP) is 1.76. The number of hydrogen-bond acceptors (Lipinski definition) is 2. The summed E-state index contributed by atoms with van der Waals surface area (Å²) in [6.45, 7) is 1.39. The Morgan fingerprint density at radius 3 is 2.80 bits per heavy atom. The standard InChI is InChI=1S/C13H16Cl2N4O/c14-9-4-3-8(10(15)6-9)7-19-5-1-2-11(19)12(20)18-13(16)17/h3-4,6,11H,1-2,5,7H2,(H4,16,17,18,20). The van der Waals surface area contributed by atoms with Crippen LogP contribution in [0, 0.1) is 0 Å². The van der Waals surface area contributed by atoms with Crippen LogP contribution < -0.4 is 11.5 Å². The highest BCUT2D eigenvalue weighted by Crippen LogP contribution is 2.26. The van der Waals surface area contributed by atoms with E-state index in [0.717, 1.165) is 24.9 Å². The number of likely N-dealkylation sites (tertiary alicyclic amines) is 1. The fraction of sp³-hybridized carbons (Fsp3) is 0.385. The highest BCUT2D eigenvalue weighted by atomic mass is 35.5. The number of nitrogens with two attached hydrogens (primary N) is 2. The molecule has 0 radical (unpaired) electrons. The van der Waals surface area contributed by atoms with Gasteiger partial charge in [0.15, 0.2) is 5.96 Å². The van der Waals surface area contributed by atoms with Crippen molar-refractivity contribution in [2.75, 3.05) is 6.54 Å². The Bertz CT molecular complexity index is 543. The second-order valence-corrected chi connectivity index (χ2v) is 5.58. The molecule has 1 atom stereocenters. The van der Waals surface area contributed by atoms with Crippen molar-refractivity contribution in [1.29, 1.82) is 0 Å². The molecule has 20 heavy (non-hydrogen) atoms. The second kappa shape index (κ2) is 6.43. The van der Waals surface area contributed by atoms with E-state index in [4.69, 9.17) is 34.7 Å². The first-order valence-corrected chi connectivity index (χ1v) is 7.04. The maximum Gasteiger partial charge on any atom is 0.266 e. The summed E-state index contributed by atoms with van der Waals surface area (Å²) in [5.74, 6) is -0.501. The summed E-state index contributed by atoms with van der Waals surface area (Å²) >= 11 is 12.0. The number of hydrogen-bond donors (Lipinski definition) is 2. The minimum absolute atomic E-state index is 0.202. The van der Waals surface area contributed by atoms with E-state index >= 15 is 0 Å². The van der Waals surface area contributed by atoms with Crippen molar-refractivity contribution in [3.8, 4) is 0 Å². The van der Waals surface area contributed by atoms with Crippen LogP contribution >= 0.6 is 23.2 Å². The summed E-state index contributed by atoms with van der Waals surface area (Å²) in [6, 6.07) is 5.06. The molecule has 0 bridgehead atoms. The highest BCUT2D eigenvalue weighted by molar-refractivity contribution is 6.35. The fourth-order valence-corrected chi connectivity index (χ4v) is 2.83. The molecule has 0 saturated carbocycles. The summed E-state index contributed by atoms with van der Waals surface area (Å²) in [5.41, 5.74) is 11.4. The Morgan fingerprint density at radius 2 is 2.15 bits per heavy atom. The summed E-state index contributed by atoms with van der Waals surface area (Å²) in [5, 5.41) is 1.19. The predicted molar refractivity (Wildman–Crippen MR) is 80.7 cm³/mol. The van der Waals surface area contributed by atoms with Crippen molar-refractivity contribution in [3.63, 3.8) is 0 Å². The fourth-order valence-electron chi connectivity index (χ4n) is 2.37. The van der Waals surface area contributed by atoms with Gasteiger partial charge in [0.1, 0.15) is 0 Å². The monoisotopic (exact) mass is 314 g/mol. The van der Waals surface area contributed by atoms with E-state index in [0.29, 0.717) is 16.6 Å². The van der Waals surface area contributed by atoms with Crippen LogP contribution in [0.4, 0.5) is 0 Å². The van der Waals surface area contributed by atoms with E-state index in [1.165, 1.54) is 0 Å². The largest absolute Gasteiger partial charge is 0.370 e. The van der Waals surface area contributed by atoms with Gasteiger partial charge in [-0.2, -0.15) is 4.99 Å². The molecule has 1 aromatic rings. The second-order valence-electron chi connectivity index (χ2n) is 4.74. The first kappa shape index (κ1) is 15.1. The zero-order valence-corrected chi connectivity index (χ0v) is 12.4. The Kier molecular flexibility index (Phi) is 4.86. The van der Waals surface area contributed by atoms with Gasteiger partial charge < -0.3 is 11.5 Å². The first-order valence-electron chi connectivity index (χ1n) is 6.29. The molecule has 0 aromatic heterocycles. The summed E-state index contributed by atoms with van der Waals surface area (Å²) < 4.78 is 0. The normalized spacial score (nSPS) is 19.0. The summed E-state index contributed by atoms with van der Waals surface area (Å²) in [7, 11) is 0. The van der Waals surface area contributed by atoms with Gasteiger partial charge in [-0.15, -0.1) is 0 Å². The molecule has 7 heteroatoms. The van der Waals surface area contributed by atoms with E-state index in [9.17, 15) is 4.79 Å². The summed E-state index contributed by atoms with van der Waals surface area (Å²) in [6.07, 6.45) is 1.68. The molecule has 0 aliphatic carbocycles. The molecule has 4 N–H and O–H groups in total. The highest BCUT2D eigenvalue weighted by Gasteiger charge is 2.30. The van der Waals surface area contributed by atoms with Crippen molar-refractivity contribution in [1.82, 2.24) is 4.90 Å². The third-order valence-corrected chi connectivity index (χ3v) is 3.86. The molecule has 1 aliphatic heterocycles. The number of guanidine groups is 1. The molecule has 1 unspecified atom stereocenters. The van der Waals surface area contributed by atoms with Crippen LogP contribution in [0.3, 0.4) is 0 Å². The van der Waals surface area contributed by atoms with Crippen molar-refractivity contribution >= 4 is 35.1 Å². The number of halogens is 2. The smallest absolute Gasteiger partial charge is 0.266 e. The van der Waals surface area contributed by atoms with E-state index < -0.39 is 0 Å². The number of carbonyl (C=O) groups excluding carboxylic acids is 1. The molecule has 1 fully saturated rings. The van der Waals surface area contributed by atoms with Gasteiger partial charge in [0.05, 0.1) is 6.04 Å². The van der Waals surface area contributed by atoms with Crippen LogP contribution in [0.15, 0.2) is 23.2 Å². The lowest BCUT2D eigenvalue weighted by Gasteiger charge is -2.22. The van der Waals surface area contributed by atoms with Gasteiger partial charge in [0, 0.05) is 16.6 Å². The molecular formula is C13H16Cl2N4O. The molecule has 0 spiro atoms. The number of amides is 1. The van der Waals surface area contributed by atoms with Gasteiger partial charge >= 0.3 is 0 Å². The van der Waals surface area contributed by atoms with Crippen molar-refractivity contribution in [3.05, 3.63) is 33.8 Å². The number of benzene rings is 1. The van der Waals surface area contributed by atoms with Gasteiger partial charge in [-0.3, -0.25) is 9.69 Å². The van der Waals surface area contributed by atoms with Crippen molar-refractivity contribution < 1.29 is 4.79 Å². The van der Waals surface area contributed by atoms with Gasteiger partial charge in [0.25, 0.3) is 5.91 Å². The van der Waals surface area contributed by atoms with Crippen LogP contribution in [0.2, 0.25) is 10.0 Å². The third-order valence-electron chi connectivity index (χ3n) is 3.28. The summed E-state index contributed by atoms with van der Waals surface area (Å²) in [4.78, 5) is 17.6. The quantitative estimate of drug-likeness (QED) is 0.657. The van der Waals surface area contributed by atoms with E-state index in [2.05, 4.69) is 4.99 Å². The molecule has 2 rings (SSSR count). The lowest BCUT2D eigenvalue weighted by Crippen LogP contribution is -2.36. The van der Waals surface area contributed by atoms with E-state index in [-0.39, 0.29) is 17.9 Å². The topological polar surface area (TPSA) is 84.7 Å². The minimum atomic E-state index is -0.299. The maximum atomic E-state index is 12.0. The molecule has 1 amide bonds. The maximum absolute atomic E-state index is 12.0. The van der Waals surface area contributed by atoms with Crippen LogP contribution in [-0.2, 0) is 11.3 Å². The Labute approximate surface area is 127 Å². The minimum Gasteiger partial charge on any atom is -0.370 e. The molecule has 108 valence electrons. The molecule has 1 heterocycles. The lowest BCUT2D eigenvalue weighted by molar-refractivity contribution is -0.122. The average molecular weight is 315 g/mol. The van der Waals surface area contributed by atoms with Crippen LogP contribution in [-0.4, -0.2) is 29.4 Å². The van der Waals surface area contributed by atoms with Gasteiger partial charge in [0.2, 0.25) is 0 Å². The van der Waals surface area contributed by atoms with E-state index in [1.807, 2.05) is 11.0 Å². The average Bonchev–Trinajstić information content (AvgIpc) is 2.80. The Balaban J connectivity index is 2.11. The van der Waals surface area contributed by atoms with E-state index in [1.54, 1.807) is 12.1 Å². The lowest BCUT2D eigenvalue weighted by atomic mass is 10.1. The van der Waals surface area contributed by atoms with Gasteiger partial charge in [-0.1, -0.05) is 29.3 Å². The molecule has 1 aromatic carbocycles. The Hall–Kier alpha value is -1.30. The van der Waals surface area contributed by atoms with Gasteiger partial charge in [-0.25, -0.2) is 0 Å². The molecule has 5 nitrogen and oxygen atoms in total. The first-order chi connectivity index (χ1) is 9.47. The zero-order chi connectivity index (χ0) is 14.7. The SMILES string of the molecule is NC(N)=NC(=O)C1CCCN1Cc1ccc(Cl)cc1Cl. The van der Waals surface area contributed by atoms with Crippen LogP contribution in [0.1, 0.15) is 18.4 Å². The van der Waals surface area contributed by atoms with Crippen LogP contribution in [0.5, 0.6) is 0 Å². The molecule has 1 aliphatic rings. The van der Waals surface area contributed by atoms with Crippen LogP contribution in [0.25, 0.3) is 0 Å². The molecular weight excluding hydrogens is 299 g/mol. The van der Waals surface area contributed by atoms with Crippen molar-refractivity contribution in [2.24, 2.45) is 16.5 Å². The number of rotatable bonds is 3. The molecule has 1 saturated heterocycles. The van der Waals surface area contributed by atoms with Gasteiger partial charge in [-0.05, 0) is 37.1 Å². The van der Waals surface area contributed by atoms with Crippen molar-refractivity contribution in [2.45, 2.75) is 25.4 Å². The zero-order valence-electron chi connectivity index (χ0n) is 10.9. The number of aliphatic imine (C=N–C) groups is 1. The number of carbonyl (C=O) groups is 1.